The largest absolute Gasteiger partial charge is 0.350 e. The highest BCUT2D eigenvalue weighted by Crippen LogP contribution is 2.32. The number of piperazine rings is 1. The first-order valence-corrected chi connectivity index (χ1v) is 10.1. The van der Waals surface area contributed by atoms with E-state index in [9.17, 15) is 14.0 Å². The lowest BCUT2D eigenvalue weighted by Crippen LogP contribution is -2.64. The Kier molecular flexibility index (Phi) is 5.34. The van der Waals surface area contributed by atoms with E-state index in [1.807, 2.05) is 13.8 Å². The molecule has 1 aliphatic heterocycles. The number of hydrogen-bond acceptors (Lipinski definition) is 5. The van der Waals surface area contributed by atoms with Gasteiger partial charge < -0.3 is 14.7 Å². The van der Waals surface area contributed by atoms with Crippen molar-refractivity contribution in [1.82, 2.24) is 20.4 Å². The number of nitrogens with one attached hydrogen (secondary N) is 1. The van der Waals surface area contributed by atoms with E-state index in [1.54, 1.807) is 4.90 Å². The van der Waals surface area contributed by atoms with Gasteiger partial charge in [-0.05, 0) is 55.4 Å². The van der Waals surface area contributed by atoms with Gasteiger partial charge in [-0.2, -0.15) is 4.98 Å². The average Bonchev–Trinajstić information content (AvgIpc) is 3.12. The van der Waals surface area contributed by atoms with Crippen LogP contribution in [0.5, 0.6) is 0 Å². The summed E-state index contributed by atoms with van der Waals surface area (Å²) >= 11 is 0. The van der Waals surface area contributed by atoms with Gasteiger partial charge in [-0.25, -0.2) is 4.39 Å². The molecule has 154 valence electrons. The third-order valence-electron chi connectivity index (χ3n) is 5.78. The summed E-state index contributed by atoms with van der Waals surface area (Å²) in [5.74, 6) is -0.173. The van der Waals surface area contributed by atoms with Crippen molar-refractivity contribution in [2.75, 3.05) is 6.54 Å². The topological polar surface area (TPSA) is 88.3 Å². The first-order chi connectivity index (χ1) is 13.9. The Morgan fingerprint density at radius 1 is 1.31 bits per heavy atom. The molecule has 7 nitrogen and oxygen atoms in total. The molecule has 29 heavy (non-hydrogen) atoms. The molecular formula is C21H25FN4O3. The van der Waals surface area contributed by atoms with E-state index in [2.05, 4.69) is 15.5 Å². The third kappa shape index (κ3) is 4.02. The van der Waals surface area contributed by atoms with Gasteiger partial charge in [0, 0.05) is 18.2 Å². The van der Waals surface area contributed by atoms with Crippen molar-refractivity contribution in [2.24, 2.45) is 11.8 Å². The van der Waals surface area contributed by atoms with Crippen molar-refractivity contribution in [3.05, 3.63) is 35.9 Å². The molecule has 0 spiro atoms. The fourth-order valence-electron chi connectivity index (χ4n) is 3.97. The van der Waals surface area contributed by atoms with Gasteiger partial charge in [0.15, 0.2) is 0 Å². The van der Waals surface area contributed by atoms with Crippen LogP contribution in [-0.2, 0) is 4.79 Å². The van der Waals surface area contributed by atoms with E-state index in [0.717, 1.165) is 19.3 Å². The van der Waals surface area contributed by atoms with E-state index in [-0.39, 0.29) is 35.4 Å². The van der Waals surface area contributed by atoms with Crippen LogP contribution in [0.15, 0.2) is 28.8 Å². The Bertz CT molecular complexity index is 892. The van der Waals surface area contributed by atoms with Crippen molar-refractivity contribution in [3.63, 3.8) is 0 Å². The van der Waals surface area contributed by atoms with E-state index in [0.29, 0.717) is 24.4 Å². The number of nitrogens with zero attached hydrogens (tertiary/aromatic N) is 3. The highest BCUT2D eigenvalue weighted by atomic mass is 19.1. The van der Waals surface area contributed by atoms with Crippen LogP contribution in [0, 0.1) is 17.7 Å². The van der Waals surface area contributed by atoms with Crippen molar-refractivity contribution in [2.45, 2.75) is 51.6 Å². The number of amides is 2. The molecule has 1 saturated carbocycles. The van der Waals surface area contributed by atoms with Crippen molar-refractivity contribution in [3.8, 4) is 11.5 Å². The van der Waals surface area contributed by atoms with Gasteiger partial charge >= 0.3 is 0 Å². The molecule has 2 heterocycles. The Labute approximate surface area is 168 Å². The second-order valence-electron chi connectivity index (χ2n) is 8.34. The maximum Gasteiger partial charge on any atom is 0.296 e. The molecule has 1 aromatic heterocycles. The van der Waals surface area contributed by atoms with Gasteiger partial charge in [0.05, 0.1) is 0 Å². The Morgan fingerprint density at radius 3 is 2.66 bits per heavy atom. The maximum atomic E-state index is 13.2. The lowest BCUT2D eigenvalue weighted by molar-refractivity contribution is -0.131. The molecule has 2 amide bonds. The number of rotatable bonds is 5. The van der Waals surface area contributed by atoms with Crippen LogP contribution in [0.25, 0.3) is 11.5 Å². The zero-order valence-electron chi connectivity index (χ0n) is 16.6. The number of aromatic nitrogens is 2. The summed E-state index contributed by atoms with van der Waals surface area (Å²) in [5, 5.41) is 6.94. The van der Waals surface area contributed by atoms with Crippen LogP contribution in [0.4, 0.5) is 4.39 Å². The van der Waals surface area contributed by atoms with Crippen molar-refractivity contribution < 1.29 is 18.5 Å². The summed E-state index contributed by atoms with van der Waals surface area (Å²) < 4.78 is 18.4. The third-order valence-corrected chi connectivity index (χ3v) is 5.78. The van der Waals surface area contributed by atoms with Crippen LogP contribution in [0.1, 0.15) is 50.1 Å². The fraction of sp³-hybridized carbons (Fsp3) is 0.524. The van der Waals surface area contributed by atoms with Gasteiger partial charge in [0.25, 0.3) is 17.6 Å². The van der Waals surface area contributed by atoms with Crippen molar-refractivity contribution in [1.29, 1.82) is 0 Å². The van der Waals surface area contributed by atoms with Gasteiger partial charge in [-0.1, -0.05) is 25.4 Å². The quantitative estimate of drug-likeness (QED) is 0.833. The highest BCUT2D eigenvalue weighted by molar-refractivity contribution is 5.96. The van der Waals surface area contributed by atoms with Crippen LogP contribution in [-0.4, -0.2) is 45.5 Å². The second-order valence-corrected chi connectivity index (χ2v) is 8.34. The van der Waals surface area contributed by atoms with Crippen LogP contribution in [0.2, 0.25) is 0 Å². The lowest BCUT2D eigenvalue weighted by Gasteiger charge is -2.44. The predicted octanol–water partition coefficient (Wildman–Crippen LogP) is 3.03. The summed E-state index contributed by atoms with van der Waals surface area (Å²) in [6, 6.07) is 5.02. The van der Waals surface area contributed by atoms with Crippen LogP contribution >= 0.6 is 0 Å². The van der Waals surface area contributed by atoms with E-state index in [4.69, 9.17) is 4.52 Å². The first-order valence-electron chi connectivity index (χ1n) is 10.1. The number of halogens is 1. The van der Waals surface area contributed by atoms with E-state index < -0.39 is 11.9 Å². The number of carbonyl (C=O) groups is 2. The molecule has 8 heteroatoms. The number of benzene rings is 1. The Hall–Kier alpha value is -2.77. The first kappa shape index (κ1) is 19.5. The summed E-state index contributed by atoms with van der Waals surface area (Å²) in [5.41, 5.74) is 0.528. The molecule has 0 bridgehead atoms. The maximum absolute atomic E-state index is 13.2. The van der Waals surface area contributed by atoms with Crippen molar-refractivity contribution >= 4 is 11.8 Å². The molecule has 2 atom stereocenters. The van der Waals surface area contributed by atoms with Gasteiger partial charge in [0.1, 0.15) is 11.9 Å². The minimum Gasteiger partial charge on any atom is -0.350 e. The lowest BCUT2D eigenvalue weighted by atomic mass is 9.78. The molecule has 2 unspecified atom stereocenters. The normalized spacial score (nSPS) is 22.5. The zero-order chi connectivity index (χ0) is 20.5. The van der Waals surface area contributed by atoms with Gasteiger partial charge in [-0.3, -0.25) is 9.59 Å². The molecule has 2 aromatic rings. The predicted molar refractivity (Wildman–Crippen MR) is 103 cm³/mol. The van der Waals surface area contributed by atoms with Crippen LogP contribution < -0.4 is 5.32 Å². The molecule has 0 radical (unpaired) electrons. The molecule has 1 aromatic carbocycles. The summed E-state index contributed by atoms with van der Waals surface area (Å²) in [7, 11) is 0. The second kappa shape index (κ2) is 7.93. The highest BCUT2D eigenvalue weighted by Gasteiger charge is 2.42. The minimum atomic E-state index is -0.549. The number of hydrogen-bond donors (Lipinski definition) is 1. The summed E-state index contributed by atoms with van der Waals surface area (Å²) in [6.07, 6.45) is 3.86. The number of carbonyl (C=O) groups excluding carboxylic acids is 2. The average molecular weight is 400 g/mol. The fourth-order valence-corrected chi connectivity index (χ4v) is 3.97. The molecular weight excluding hydrogens is 375 g/mol. The monoisotopic (exact) mass is 400 g/mol. The van der Waals surface area contributed by atoms with Gasteiger partial charge in [0.2, 0.25) is 5.91 Å². The molecule has 1 saturated heterocycles. The smallest absolute Gasteiger partial charge is 0.296 e. The summed E-state index contributed by atoms with van der Waals surface area (Å²) in [4.78, 5) is 31.8. The summed E-state index contributed by atoms with van der Waals surface area (Å²) in [6.45, 7) is 4.50. The Morgan fingerprint density at radius 2 is 2.03 bits per heavy atom. The van der Waals surface area contributed by atoms with Gasteiger partial charge in [-0.15, -0.1) is 0 Å². The SMILES string of the molecule is CC(C)CC1C(=O)NC(C2CCC2)CN1C(=O)c1noc(-c2ccc(F)cc2)n1. The molecule has 2 aliphatic rings. The van der Waals surface area contributed by atoms with E-state index in [1.165, 1.54) is 24.3 Å². The molecule has 1 N–H and O–H groups in total. The molecule has 1 aliphatic carbocycles. The van der Waals surface area contributed by atoms with E-state index >= 15 is 0 Å². The minimum absolute atomic E-state index is 0.0351. The molecule has 4 rings (SSSR count). The molecule has 2 fully saturated rings. The van der Waals surface area contributed by atoms with Crippen LogP contribution in [0.3, 0.4) is 0 Å². The Balaban J connectivity index is 1.58. The standard InChI is InChI=1S/C21H25FN4O3/c1-12(2)10-17-19(27)23-16(13-4-3-5-13)11-26(17)21(28)18-24-20(29-25-18)14-6-8-15(22)9-7-14/h6-9,12-13,16-17H,3-5,10-11H2,1-2H3,(H,23,27). The zero-order valence-corrected chi connectivity index (χ0v) is 16.6.